The Morgan fingerprint density at radius 2 is 2.50 bits per heavy atom. The Morgan fingerprint density at radius 3 is 3.00 bits per heavy atom. The Hall–Kier alpha value is -1.38. The lowest BCUT2D eigenvalue weighted by Gasteiger charge is -2.37. The average molecular weight is 162 g/mol. The number of carbonyl (C=O) groups excluding carboxylic acids is 1. The van der Waals surface area contributed by atoms with Crippen LogP contribution in [-0.4, -0.2) is 22.8 Å². The first-order valence-corrected chi connectivity index (χ1v) is 3.94. The van der Waals surface area contributed by atoms with Crippen LogP contribution < -0.4 is 0 Å². The number of likely N-dealkylation sites (tertiary alicyclic amines) is 1. The zero-order chi connectivity index (χ0) is 8.55. The first kappa shape index (κ1) is 7.28. The summed E-state index contributed by atoms with van der Waals surface area (Å²) in [5.41, 5.74) is 1.12. The predicted octanol–water partition coefficient (Wildman–Crippen LogP) is 0.985. The van der Waals surface area contributed by atoms with Crippen LogP contribution in [0.4, 0.5) is 0 Å². The molecule has 0 aromatic carbocycles. The minimum absolute atomic E-state index is 0.212. The summed E-state index contributed by atoms with van der Waals surface area (Å²) >= 11 is 0. The maximum atomic E-state index is 10.9. The van der Waals surface area contributed by atoms with Gasteiger partial charge in [0, 0.05) is 19.4 Å². The Balaban J connectivity index is 2.18. The van der Waals surface area contributed by atoms with E-state index in [-0.39, 0.29) is 11.9 Å². The molecule has 62 valence electrons. The highest BCUT2D eigenvalue weighted by atomic mass is 16.2. The van der Waals surface area contributed by atoms with Gasteiger partial charge in [0.1, 0.15) is 0 Å². The summed E-state index contributed by atoms with van der Waals surface area (Å²) in [6, 6.07) is 4.15. The summed E-state index contributed by atoms with van der Waals surface area (Å²) in [5.74, 6) is 0.212. The van der Waals surface area contributed by atoms with Crippen LogP contribution >= 0.6 is 0 Å². The van der Waals surface area contributed by atoms with Gasteiger partial charge in [-0.05, 0) is 11.6 Å². The molecule has 1 aliphatic heterocycles. The molecule has 12 heavy (non-hydrogen) atoms. The Morgan fingerprint density at radius 1 is 1.67 bits per heavy atom. The number of hydrogen-bond acceptors (Lipinski definition) is 2. The zero-order valence-electron chi connectivity index (χ0n) is 6.90. The fourth-order valence-corrected chi connectivity index (χ4v) is 1.42. The number of aromatic nitrogens is 1. The Kier molecular flexibility index (Phi) is 1.57. The number of carbonyl (C=O) groups is 1. The highest BCUT2D eigenvalue weighted by molar-refractivity contribution is 5.83. The van der Waals surface area contributed by atoms with Gasteiger partial charge in [0.2, 0.25) is 5.91 Å². The van der Waals surface area contributed by atoms with Crippen molar-refractivity contribution in [2.45, 2.75) is 12.5 Å². The lowest BCUT2D eigenvalue weighted by atomic mass is 9.96. The third-order valence-corrected chi connectivity index (χ3v) is 2.30. The summed E-state index contributed by atoms with van der Waals surface area (Å²) in [4.78, 5) is 16.7. The van der Waals surface area contributed by atoms with E-state index in [9.17, 15) is 4.79 Å². The van der Waals surface area contributed by atoms with Gasteiger partial charge in [0.05, 0.1) is 12.5 Å². The van der Waals surface area contributed by atoms with Gasteiger partial charge < -0.3 is 4.90 Å². The van der Waals surface area contributed by atoms with E-state index in [0.29, 0.717) is 6.42 Å². The molecule has 0 aliphatic carbocycles. The molecule has 2 heterocycles. The summed E-state index contributed by atoms with van der Waals surface area (Å²) in [5, 5.41) is 0. The second kappa shape index (κ2) is 2.59. The Labute approximate surface area is 71.0 Å². The highest BCUT2D eigenvalue weighted by Crippen LogP contribution is 2.31. The normalized spacial score (nSPS) is 22.2. The van der Waals surface area contributed by atoms with Crippen LogP contribution in [0.5, 0.6) is 0 Å². The fraction of sp³-hybridized carbons (Fsp3) is 0.333. The van der Waals surface area contributed by atoms with Gasteiger partial charge in [-0.3, -0.25) is 9.78 Å². The van der Waals surface area contributed by atoms with E-state index in [1.165, 1.54) is 0 Å². The largest absolute Gasteiger partial charge is 0.338 e. The number of β-lactam (4-membered cyclic amide) rings is 1. The maximum absolute atomic E-state index is 10.9. The second-order valence-corrected chi connectivity index (χ2v) is 3.01. The van der Waals surface area contributed by atoms with E-state index in [0.717, 1.165) is 5.56 Å². The van der Waals surface area contributed by atoms with Gasteiger partial charge in [0.15, 0.2) is 0 Å². The summed E-state index contributed by atoms with van der Waals surface area (Å²) in [6.07, 6.45) is 4.18. The highest BCUT2D eigenvalue weighted by Gasteiger charge is 2.33. The predicted molar refractivity (Wildman–Crippen MR) is 44.4 cm³/mol. The topological polar surface area (TPSA) is 33.2 Å². The van der Waals surface area contributed by atoms with E-state index < -0.39 is 0 Å². The first-order valence-electron chi connectivity index (χ1n) is 3.94. The molecule has 0 N–H and O–H groups in total. The van der Waals surface area contributed by atoms with Crippen LogP contribution in [0.3, 0.4) is 0 Å². The minimum Gasteiger partial charge on any atom is -0.338 e. The third-order valence-electron chi connectivity index (χ3n) is 2.30. The van der Waals surface area contributed by atoms with Crippen molar-refractivity contribution in [2.24, 2.45) is 0 Å². The van der Waals surface area contributed by atoms with Crippen molar-refractivity contribution in [3.8, 4) is 0 Å². The lowest BCUT2D eigenvalue weighted by molar-refractivity contribution is -0.143. The average Bonchev–Trinajstić information content (AvgIpc) is 2.15. The standard InChI is InChI=1S/C9H10N2O/c1-11-8(5-9(11)12)7-3-2-4-10-6-7/h2-4,6,8H,5H2,1H3. The van der Waals surface area contributed by atoms with E-state index in [2.05, 4.69) is 4.98 Å². The molecular formula is C9H10N2O. The molecule has 1 unspecified atom stereocenters. The van der Waals surface area contributed by atoms with E-state index >= 15 is 0 Å². The molecule has 1 aromatic rings. The molecule has 1 saturated heterocycles. The van der Waals surface area contributed by atoms with Crippen molar-refractivity contribution in [3.05, 3.63) is 30.1 Å². The van der Waals surface area contributed by atoms with Crippen LogP contribution in [0, 0.1) is 0 Å². The van der Waals surface area contributed by atoms with Gasteiger partial charge in [-0.25, -0.2) is 0 Å². The molecule has 0 spiro atoms. The van der Waals surface area contributed by atoms with Crippen LogP contribution in [-0.2, 0) is 4.79 Å². The quantitative estimate of drug-likeness (QED) is 0.577. The molecule has 2 rings (SSSR count). The van der Waals surface area contributed by atoms with Crippen molar-refractivity contribution in [1.82, 2.24) is 9.88 Å². The smallest absolute Gasteiger partial charge is 0.225 e. The number of rotatable bonds is 1. The number of nitrogens with zero attached hydrogens (tertiary/aromatic N) is 2. The molecule has 1 amide bonds. The molecule has 1 fully saturated rings. The third kappa shape index (κ3) is 0.978. The van der Waals surface area contributed by atoms with E-state index in [1.807, 2.05) is 25.4 Å². The summed E-state index contributed by atoms with van der Waals surface area (Å²) in [7, 11) is 1.82. The van der Waals surface area contributed by atoms with Gasteiger partial charge in [-0.1, -0.05) is 6.07 Å². The van der Waals surface area contributed by atoms with Crippen molar-refractivity contribution in [2.75, 3.05) is 7.05 Å². The number of amides is 1. The fourth-order valence-electron chi connectivity index (χ4n) is 1.42. The van der Waals surface area contributed by atoms with Crippen LogP contribution in [0.2, 0.25) is 0 Å². The lowest BCUT2D eigenvalue weighted by Crippen LogP contribution is -2.43. The van der Waals surface area contributed by atoms with Crippen molar-refractivity contribution in [1.29, 1.82) is 0 Å². The molecule has 3 nitrogen and oxygen atoms in total. The zero-order valence-corrected chi connectivity index (χ0v) is 6.90. The van der Waals surface area contributed by atoms with Crippen LogP contribution in [0.1, 0.15) is 18.0 Å². The molecular weight excluding hydrogens is 152 g/mol. The van der Waals surface area contributed by atoms with Crippen molar-refractivity contribution < 1.29 is 4.79 Å². The number of hydrogen-bond donors (Lipinski definition) is 0. The van der Waals surface area contributed by atoms with Gasteiger partial charge in [0.25, 0.3) is 0 Å². The number of pyridine rings is 1. The van der Waals surface area contributed by atoms with Crippen molar-refractivity contribution >= 4 is 5.91 Å². The molecule has 3 heteroatoms. The van der Waals surface area contributed by atoms with Crippen molar-refractivity contribution in [3.63, 3.8) is 0 Å². The molecule has 0 bridgehead atoms. The minimum atomic E-state index is 0.212. The maximum Gasteiger partial charge on any atom is 0.225 e. The Bertz CT molecular complexity index is 297. The molecule has 0 saturated carbocycles. The molecule has 1 aromatic heterocycles. The van der Waals surface area contributed by atoms with Crippen LogP contribution in [0.25, 0.3) is 0 Å². The van der Waals surface area contributed by atoms with Gasteiger partial charge >= 0.3 is 0 Å². The summed E-state index contributed by atoms with van der Waals surface area (Å²) < 4.78 is 0. The SMILES string of the molecule is CN1C(=O)CC1c1cccnc1. The summed E-state index contributed by atoms with van der Waals surface area (Å²) in [6.45, 7) is 0. The molecule has 1 atom stereocenters. The van der Waals surface area contributed by atoms with Gasteiger partial charge in [-0.2, -0.15) is 0 Å². The monoisotopic (exact) mass is 162 g/mol. The first-order chi connectivity index (χ1) is 5.79. The molecule has 1 aliphatic rings. The molecule has 0 radical (unpaired) electrons. The van der Waals surface area contributed by atoms with Crippen LogP contribution in [0.15, 0.2) is 24.5 Å². The van der Waals surface area contributed by atoms with E-state index in [4.69, 9.17) is 0 Å². The van der Waals surface area contributed by atoms with Gasteiger partial charge in [-0.15, -0.1) is 0 Å². The van der Waals surface area contributed by atoms with E-state index in [1.54, 1.807) is 11.1 Å². The second-order valence-electron chi connectivity index (χ2n) is 3.01.